The molecule has 0 saturated carbocycles. The molecule has 0 fully saturated rings. The quantitative estimate of drug-likeness (QED) is 0.572. The molecular formula is C11H5Br2FN2O3. The van der Waals surface area contributed by atoms with E-state index in [0.717, 1.165) is 6.20 Å². The number of nitro groups is 1. The van der Waals surface area contributed by atoms with E-state index in [-0.39, 0.29) is 21.8 Å². The third-order valence-electron chi connectivity index (χ3n) is 2.10. The van der Waals surface area contributed by atoms with Gasteiger partial charge in [0.2, 0.25) is 5.88 Å². The number of pyridine rings is 1. The SMILES string of the molecule is O=[N+]([O-])c1cnc(Oc2cc(Br)ccc2F)c(Br)c1. The van der Waals surface area contributed by atoms with Crippen molar-refractivity contribution in [1.29, 1.82) is 0 Å². The zero-order valence-electron chi connectivity index (χ0n) is 9.14. The predicted molar refractivity (Wildman–Crippen MR) is 72.8 cm³/mol. The van der Waals surface area contributed by atoms with Crippen molar-refractivity contribution in [1.82, 2.24) is 4.98 Å². The Morgan fingerprint density at radius 1 is 1.32 bits per heavy atom. The lowest BCUT2D eigenvalue weighted by Crippen LogP contribution is -1.94. The summed E-state index contributed by atoms with van der Waals surface area (Å²) in [7, 11) is 0. The van der Waals surface area contributed by atoms with Crippen LogP contribution in [-0.4, -0.2) is 9.91 Å². The zero-order chi connectivity index (χ0) is 14.0. The number of aromatic nitrogens is 1. The molecule has 19 heavy (non-hydrogen) atoms. The summed E-state index contributed by atoms with van der Waals surface area (Å²) in [6.07, 6.45) is 1.04. The number of ether oxygens (including phenoxy) is 1. The normalized spacial score (nSPS) is 10.3. The number of hydrogen-bond acceptors (Lipinski definition) is 4. The summed E-state index contributed by atoms with van der Waals surface area (Å²) in [6.45, 7) is 0. The molecule has 2 rings (SSSR count). The van der Waals surface area contributed by atoms with Crippen LogP contribution >= 0.6 is 31.9 Å². The van der Waals surface area contributed by atoms with Crippen LogP contribution in [0.1, 0.15) is 0 Å². The highest BCUT2D eigenvalue weighted by atomic mass is 79.9. The minimum absolute atomic E-state index is 0.0311. The van der Waals surface area contributed by atoms with Gasteiger partial charge in [-0.25, -0.2) is 9.37 Å². The lowest BCUT2D eigenvalue weighted by molar-refractivity contribution is -0.385. The molecule has 1 heterocycles. The monoisotopic (exact) mass is 390 g/mol. The number of nitrogens with zero attached hydrogens (tertiary/aromatic N) is 2. The first-order valence-corrected chi connectivity index (χ1v) is 6.49. The van der Waals surface area contributed by atoms with E-state index in [4.69, 9.17) is 4.74 Å². The second kappa shape index (κ2) is 5.62. The van der Waals surface area contributed by atoms with E-state index < -0.39 is 10.7 Å². The van der Waals surface area contributed by atoms with Gasteiger partial charge in [0.1, 0.15) is 6.20 Å². The smallest absolute Gasteiger partial charge is 0.288 e. The highest BCUT2D eigenvalue weighted by Gasteiger charge is 2.14. The number of benzene rings is 1. The molecule has 5 nitrogen and oxygen atoms in total. The summed E-state index contributed by atoms with van der Waals surface area (Å²) in [5.74, 6) is -0.547. The molecule has 0 bridgehead atoms. The van der Waals surface area contributed by atoms with Crippen molar-refractivity contribution < 1.29 is 14.1 Å². The Kier molecular flexibility index (Phi) is 4.11. The van der Waals surface area contributed by atoms with Crippen LogP contribution in [0.4, 0.5) is 10.1 Å². The van der Waals surface area contributed by atoms with Crippen LogP contribution in [-0.2, 0) is 0 Å². The molecule has 8 heteroatoms. The Morgan fingerprint density at radius 3 is 2.68 bits per heavy atom. The molecular weight excluding hydrogens is 387 g/mol. The highest BCUT2D eigenvalue weighted by Crippen LogP contribution is 2.32. The van der Waals surface area contributed by atoms with Crippen molar-refractivity contribution in [2.75, 3.05) is 0 Å². The maximum atomic E-state index is 13.5. The van der Waals surface area contributed by atoms with Gasteiger partial charge in [0.25, 0.3) is 5.69 Å². The van der Waals surface area contributed by atoms with Gasteiger partial charge in [0, 0.05) is 10.5 Å². The maximum Gasteiger partial charge on any atom is 0.288 e. The summed E-state index contributed by atoms with van der Waals surface area (Å²) in [6, 6.07) is 5.43. The average molecular weight is 392 g/mol. The molecule has 98 valence electrons. The summed E-state index contributed by atoms with van der Waals surface area (Å²) < 4.78 is 19.7. The Hall–Kier alpha value is -1.54. The van der Waals surface area contributed by atoms with Crippen LogP contribution in [0.25, 0.3) is 0 Å². The van der Waals surface area contributed by atoms with E-state index in [1.807, 2.05) is 0 Å². The third kappa shape index (κ3) is 3.27. The van der Waals surface area contributed by atoms with Crippen molar-refractivity contribution in [2.45, 2.75) is 0 Å². The van der Waals surface area contributed by atoms with Crippen molar-refractivity contribution in [3.63, 3.8) is 0 Å². The lowest BCUT2D eigenvalue weighted by Gasteiger charge is -2.07. The highest BCUT2D eigenvalue weighted by molar-refractivity contribution is 9.10. The first-order chi connectivity index (χ1) is 8.97. The molecule has 0 atom stereocenters. The predicted octanol–water partition coefficient (Wildman–Crippen LogP) is 4.45. The van der Waals surface area contributed by atoms with Gasteiger partial charge in [-0.3, -0.25) is 10.1 Å². The minimum Gasteiger partial charge on any atom is -0.435 e. The van der Waals surface area contributed by atoms with Gasteiger partial charge < -0.3 is 4.74 Å². The van der Waals surface area contributed by atoms with Gasteiger partial charge in [0.15, 0.2) is 11.6 Å². The van der Waals surface area contributed by atoms with Gasteiger partial charge >= 0.3 is 0 Å². The number of hydrogen-bond donors (Lipinski definition) is 0. The summed E-state index contributed by atoms with van der Waals surface area (Å²) in [5.41, 5.74) is -0.186. The minimum atomic E-state index is -0.582. The molecule has 1 aromatic carbocycles. The molecule has 0 aliphatic carbocycles. The second-order valence-corrected chi connectivity index (χ2v) is 5.18. The van der Waals surface area contributed by atoms with E-state index in [2.05, 4.69) is 36.8 Å². The van der Waals surface area contributed by atoms with Gasteiger partial charge in [-0.2, -0.15) is 0 Å². The number of halogens is 3. The summed E-state index contributed by atoms with van der Waals surface area (Å²) in [5, 5.41) is 10.6. The fourth-order valence-corrected chi connectivity index (χ4v) is 2.01. The Balaban J connectivity index is 2.33. The summed E-state index contributed by atoms with van der Waals surface area (Å²) >= 11 is 6.28. The van der Waals surface area contributed by atoms with Crippen molar-refractivity contribution in [3.8, 4) is 11.6 Å². The zero-order valence-corrected chi connectivity index (χ0v) is 12.3. The largest absolute Gasteiger partial charge is 0.435 e. The van der Waals surface area contributed by atoms with Crippen LogP contribution in [0, 0.1) is 15.9 Å². The Bertz CT molecular complexity index is 652. The van der Waals surface area contributed by atoms with Crippen LogP contribution < -0.4 is 4.74 Å². The van der Waals surface area contributed by atoms with Gasteiger partial charge in [0.05, 0.1) is 9.40 Å². The van der Waals surface area contributed by atoms with Gasteiger partial charge in [-0.05, 0) is 34.1 Å². The molecule has 0 amide bonds. The maximum absolute atomic E-state index is 13.5. The molecule has 0 N–H and O–H groups in total. The van der Waals surface area contributed by atoms with Crippen LogP contribution in [0.5, 0.6) is 11.6 Å². The standard InChI is InChI=1S/C11H5Br2FN2O3/c12-6-1-2-9(14)10(3-6)19-11-8(13)4-7(5-15-11)16(17)18/h1-5H. The first kappa shape index (κ1) is 13.9. The van der Waals surface area contributed by atoms with Crippen LogP contribution in [0.3, 0.4) is 0 Å². The molecule has 1 aromatic heterocycles. The van der Waals surface area contributed by atoms with Gasteiger partial charge in [-0.1, -0.05) is 15.9 Å². The topological polar surface area (TPSA) is 65.3 Å². The Labute approximate surface area is 123 Å². The Morgan fingerprint density at radius 2 is 2.05 bits per heavy atom. The lowest BCUT2D eigenvalue weighted by atomic mass is 10.3. The summed E-state index contributed by atoms with van der Waals surface area (Å²) in [4.78, 5) is 13.7. The fraction of sp³-hybridized carbons (Fsp3) is 0. The van der Waals surface area contributed by atoms with Crippen LogP contribution in [0.15, 0.2) is 39.4 Å². The van der Waals surface area contributed by atoms with Crippen LogP contribution in [0.2, 0.25) is 0 Å². The molecule has 0 radical (unpaired) electrons. The van der Waals surface area contributed by atoms with Gasteiger partial charge in [-0.15, -0.1) is 0 Å². The van der Waals surface area contributed by atoms with E-state index in [9.17, 15) is 14.5 Å². The molecule has 0 saturated heterocycles. The third-order valence-corrected chi connectivity index (χ3v) is 3.17. The molecule has 0 spiro atoms. The van der Waals surface area contributed by atoms with E-state index in [1.54, 1.807) is 0 Å². The van der Waals surface area contributed by atoms with Crippen molar-refractivity contribution >= 4 is 37.5 Å². The molecule has 0 aliphatic rings. The second-order valence-electron chi connectivity index (χ2n) is 3.41. The van der Waals surface area contributed by atoms with E-state index in [0.29, 0.717) is 4.47 Å². The molecule has 0 aliphatic heterocycles. The average Bonchev–Trinajstić information content (AvgIpc) is 2.36. The van der Waals surface area contributed by atoms with E-state index >= 15 is 0 Å². The first-order valence-electron chi connectivity index (χ1n) is 4.90. The fourth-order valence-electron chi connectivity index (χ4n) is 1.25. The molecule has 0 unspecified atom stereocenters. The van der Waals surface area contributed by atoms with E-state index in [1.165, 1.54) is 24.3 Å². The number of rotatable bonds is 3. The van der Waals surface area contributed by atoms with Crippen molar-refractivity contribution in [2.24, 2.45) is 0 Å². The molecule has 2 aromatic rings. The van der Waals surface area contributed by atoms with Crippen molar-refractivity contribution in [3.05, 3.63) is 55.3 Å².